The van der Waals surface area contributed by atoms with E-state index in [1.165, 1.54) is 11.3 Å². The largest absolute Gasteiger partial charge is 0.368 e. The Morgan fingerprint density at radius 3 is 2.79 bits per heavy atom. The maximum absolute atomic E-state index is 11.6. The second-order valence-electron chi connectivity index (χ2n) is 5.10. The van der Waals surface area contributed by atoms with Gasteiger partial charge in [-0.25, -0.2) is 0 Å². The number of likely N-dealkylation sites (tertiary alicyclic amines) is 1. The number of carbonyl (C=O) groups is 1. The number of piperidine rings is 1. The van der Waals surface area contributed by atoms with Crippen LogP contribution in [0.25, 0.3) is 0 Å². The number of halogens is 1. The van der Waals surface area contributed by atoms with Gasteiger partial charge in [-0.15, -0.1) is 11.3 Å². The molecule has 1 aliphatic rings. The number of nitrogens with zero attached hydrogens (tertiary/aromatic N) is 1. The quantitative estimate of drug-likeness (QED) is 0.895. The van der Waals surface area contributed by atoms with Gasteiger partial charge in [-0.1, -0.05) is 18.0 Å². The molecule has 0 radical (unpaired) electrons. The Morgan fingerprint density at radius 2 is 2.26 bits per heavy atom. The van der Waals surface area contributed by atoms with Crippen molar-refractivity contribution in [3.63, 3.8) is 0 Å². The van der Waals surface area contributed by atoms with Crippen molar-refractivity contribution in [2.45, 2.75) is 44.3 Å². The summed E-state index contributed by atoms with van der Waals surface area (Å²) in [6.45, 7) is 2.82. The maximum Gasteiger partial charge on any atom is 0.234 e. The molecule has 1 aromatic rings. The van der Waals surface area contributed by atoms with Crippen LogP contribution in [0.1, 0.15) is 37.1 Å². The van der Waals surface area contributed by atoms with Crippen LogP contribution in [-0.4, -0.2) is 29.4 Å². The molecule has 2 rings (SSSR count). The molecule has 1 aliphatic heterocycles. The van der Waals surface area contributed by atoms with Gasteiger partial charge in [0, 0.05) is 10.9 Å². The Balaban J connectivity index is 2.29. The highest BCUT2D eigenvalue weighted by Gasteiger charge is 2.35. The van der Waals surface area contributed by atoms with Crippen molar-refractivity contribution in [3.05, 3.63) is 21.3 Å². The molecular formula is C13H20ClN3OS. The van der Waals surface area contributed by atoms with E-state index in [2.05, 4.69) is 4.90 Å². The molecule has 1 amide bonds. The van der Waals surface area contributed by atoms with Crippen molar-refractivity contribution in [2.24, 2.45) is 11.5 Å². The summed E-state index contributed by atoms with van der Waals surface area (Å²) in [5.41, 5.74) is 11.7. The molecule has 0 saturated carbocycles. The van der Waals surface area contributed by atoms with Crippen molar-refractivity contribution < 1.29 is 4.79 Å². The van der Waals surface area contributed by atoms with E-state index in [-0.39, 0.29) is 24.0 Å². The SMILES string of the molecule is CC(N)C(c1ccc(Cl)s1)N1CCCCC1C(N)=O. The van der Waals surface area contributed by atoms with E-state index in [0.717, 1.165) is 35.0 Å². The van der Waals surface area contributed by atoms with E-state index < -0.39 is 0 Å². The van der Waals surface area contributed by atoms with Crippen molar-refractivity contribution in [2.75, 3.05) is 6.54 Å². The Morgan fingerprint density at radius 1 is 1.53 bits per heavy atom. The van der Waals surface area contributed by atoms with Crippen LogP contribution in [0.2, 0.25) is 4.34 Å². The van der Waals surface area contributed by atoms with Gasteiger partial charge in [0.05, 0.1) is 16.4 Å². The molecule has 3 atom stereocenters. The Hall–Kier alpha value is -0.620. The lowest BCUT2D eigenvalue weighted by Gasteiger charge is -2.41. The minimum atomic E-state index is -0.256. The lowest BCUT2D eigenvalue weighted by Crippen LogP contribution is -2.52. The Bertz CT molecular complexity index is 449. The van der Waals surface area contributed by atoms with E-state index in [1.54, 1.807) is 0 Å². The number of hydrogen-bond donors (Lipinski definition) is 2. The highest BCUT2D eigenvalue weighted by molar-refractivity contribution is 7.16. The first kappa shape index (κ1) is 14.8. The first-order valence-electron chi connectivity index (χ1n) is 6.56. The van der Waals surface area contributed by atoms with Crippen molar-refractivity contribution in [3.8, 4) is 0 Å². The molecule has 1 aromatic heterocycles. The Labute approximate surface area is 122 Å². The van der Waals surface area contributed by atoms with Crippen LogP contribution in [0.15, 0.2) is 12.1 Å². The summed E-state index contributed by atoms with van der Waals surface area (Å²) in [6, 6.07) is 3.59. The number of nitrogens with two attached hydrogens (primary N) is 2. The van der Waals surface area contributed by atoms with Crippen LogP contribution < -0.4 is 11.5 Å². The molecule has 106 valence electrons. The molecule has 3 unspecified atom stereocenters. The topological polar surface area (TPSA) is 72.3 Å². The predicted octanol–water partition coefficient (Wildman–Crippen LogP) is 2.13. The van der Waals surface area contributed by atoms with Crippen molar-refractivity contribution in [1.29, 1.82) is 0 Å². The monoisotopic (exact) mass is 301 g/mol. The molecular weight excluding hydrogens is 282 g/mol. The fourth-order valence-electron chi connectivity index (χ4n) is 2.80. The first-order valence-corrected chi connectivity index (χ1v) is 7.76. The first-order chi connectivity index (χ1) is 9.00. The zero-order valence-electron chi connectivity index (χ0n) is 11.0. The number of thiophene rings is 1. The minimum Gasteiger partial charge on any atom is -0.368 e. The lowest BCUT2D eigenvalue weighted by molar-refractivity contribution is -0.125. The number of amides is 1. The Kier molecular flexibility index (Phi) is 4.84. The molecule has 6 heteroatoms. The molecule has 0 aliphatic carbocycles. The predicted molar refractivity (Wildman–Crippen MR) is 79.3 cm³/mol. The number of rotatable bonds is 4. The van der Waals surface area contributed by atoms with Gasteiger partial charge in [0.15, 0.2) is 0 Å². The van der Waals surface area contributed by atoms with E-state index >= 15 is 0 Å². The van der Waals surface area contributed by atoms with Gasteiger partial charge in [-0.3, -0.25) is 9.69 Å². The van der Waals surface area contributed by atoms with Crippen molar-refractivity contribution in [1.82, 2.24) is 4.90 Å². The minimum absolute atomic E-state index is 0.00954. The molecule has 19 heavy (non-hydrogen) atoms. The molecule has 1 fully saturated rings. The number of hydrogen-bond acceptors (Lipinski definition) is 4. The van der Waals surface area contributed by atoms with Crippen LogP contribution in [0.5, 0.6) is 0 Å². The molecule has 0 spiro atoms. The van der Waals surface area contributed by atoms with Gasteiger partial charge in [0.2, 0.25) is 5.91 Å². The third-order valence-electron chi connectivity index (χ3n) is 3.61. The van der Waals surface area contributed by atoms with E-state index in [9.17, 15) is 4.79 Å². The average Bonchev–Trinajstić information content (AvgIpc) is 2.76. The molecule has 4 nitrogen and oxygen atoms in total. The number of carbonyl (C=O) groups excluding carboxylic acids is 1. The number of primary amides is 1. The molecule has 4 N–H and O–H groups in total. The highest BCUT2D eigenvalue weighted by atomic mass is 35.5. The highest BCUT2D eigenvalue weighted by Crippen LogP contribution is 2.35. The third kappa shape index (κ3) is 3.28. The summed E-state index contributed by atoms with van der Waals surface area (Å²) >= 11 is 7.54. The summed E-state index contributed by atoms with van der Waals surface area (Å²) in [5.74, 6) is -0.256. The summed E-state index contributed by atoms with van der Waals surface area (Å²) in [4.78, 5) is 14.9. The van der Waals surface area contributed by atoms with Crippen LogP contribution >= 0.6 is 22.9 Å². The fraction of sp³-hybridized carbons (Fsp3) is 0.615. The van der Waals surface area contributed by atoms with Gasteiger partial charge in [0.25, 0.3) is 0 Å². The lowest BCUT2D eigenvalue weighted by atomic mass is 9.96. The van der Waals surface area contributed by atoms with Crippen molar-refractivity contribution >= 4 is 28.8 Å². The average molecular weight is 302 g/mol. The molecule has 0 aromatic carbocycles. The van der Waals surface area contributed by atoms with E-state index in [0.29, 0.717) is 0 Å². The molecule has 0 bridgehead atoms. The van der Waals surface area contributed by atoms with Gasteiger partial charge in [-0.05, 0) is 38.4 Å². The van der Waals surface area contributed by atoms with Gasteiger partial charge in [0.1, 0.15) is 0 Å². The fourth-order valence-corrected chi connectivity index (χ4v) is 4.10. The maximum atomic E-state index is 11.6. The van der Waals surface area contributed by atoms with Gasteiger partial charge >= 0.3 is 0 Å². The second kappa shape index (κ2) is 6.22. The normalized spacial score (nSPS) is 24.1. The second-order valence-corrected chi connectivity index (χ2v) is 6.84. The summed E-state index contributed by atoms with van der Waals surface area (Å²) in [5, 5.41) is 0. The van der Waals surface area contributed by atoms with Crippen LogP contribution in [0, 0.1) is 0 Å². The third-order valence-corrected chi connectivity index (χ3v) is 4.92. The summed E-state index contributed by atoms with van der Waals surface area (Å²) < 4.78 is 0.744. The summed E-state index contributed by atoms with van der Waals surface area (Å²) in [6.07, 6.45) is 2.94. The van der Waals surface area contributed by atoms with E-state index in [1.807, 2.05) is 19.1 Å². The summed E-state index contributed by atoms with van der Waals surface area (Å²) in [7, 11) is 0. The molecule has 1 saturated heterocycles. The van der Waals surface area contributed by atoms with E-state index in [4.69, 9.17) is 23.1 Å². The standard InChI is InChI=1S/C13H20ClN3OS/c1-8(15)12(10-5-6-11(14)19-10)17-7-3-2-4-9(17)13(16)18/h5-6,8-9,12H,2-4,7,15H2,1H3,(H2,16,18). The smallest absolute Gasteiger partial charge is 0.234 e. The zero-order valence-corrected chi connectivity index (χ0v) is 12.6. The van der Waals surface area contributed by atoms with Crippen LogP contribution in [0.4, 0.5) is 0 Å². The van der Waals surface area contributed by atoms with Gasteiger partial charge in [-0.2, -0.15) is 0 Å². The van der Waals surface area contributed by atoms with Crippen LogP contribution in [-0.2, 0) is 4.79 Å². The van der Waals surface area contributed by atoms with Crippen LogP contribution in [0.3, 0.4) is 0 Å². The molecule has 2 heterocycles. The van der Waals surface area contributed by atoms with Gasteiger partial charge < -0.3 is 11.5 Å². The zero-order chi connectivity index (χ0) is 14.0.